The molecule has 3 heterocycles. The van der Waals surface area contributed by atoms with Gasteiger partial charge in [0.15, 0.2) is 9.74 Å². The normalized spacial score (nSPS) is 40.2. The first-order chi connectivity index (χ1) is 11.2. The first kappa shape index (κ1) is 15.8. The summed E-state index contributed by atoms with van der Waals surface area (Å²) in [6.07, 6.45) is 0.332. The zero-order chi connectivity index (χ0) is 17.5. The second-order valence-electron chi connectivity index (χ2n) is 7.07. The highest BCUT2D eigenvalue weighted by atomic mass is 35.5. The van der Waals surface area contributed by atoms with Crippen LogP contribution in [0.2, 0.25) is 5.02 Å². The molecule has 3 fully saturated rings. The molecule has 0 saturated carbocycles. The molecule has 3 saturated heterocycles. The molecule has 1 aromatic carbocycles. The molecule has 24 heavy (non-hydrogen) atoms. The summed E-state index contributed by atoms with van der Waals surface area (Å²) >= 11 is 7.35. The molecule has 4 rings (SSSR count). The number of halogens is 1. The lowest BCUT2D eigenvalue weighted by atomic mass is 9.79. The van der Waals surface area contributed by atoms with Crippen LogP contribution in [0.15, 0.2) is 24.3 Å². The first-order valence-corrected chi connectivity index (χ1v) is 8.88. The highest BCUT2D eigenvalue weighted by Crippen LogP contribution is 2.69. The van der Waals surface area contributed by atoms with E-state index in [4.69, 9.17) is 11.6 Å². The Morgan fingerprint density at radius 2 is 1.88 bits per heavy atom. The number of piperazine rings is 1. The van der Waals surface area contributed by atoms with Crippen LogP contribution in [0.1, 0.15) is 31.9 Å². The molecular formula is C17H16ClN3O2S. The molecule has 2 unspecified atom stereocenters. The van der Waals surface area contributed by atoms with Crippen LogP contribution in [0, 0.1) is 16.7 Å². The molecular weight excluding hydrogens is 346 g/mol. The number of carbonyl (C=O) groups excluding carboxylic acids is 2. The number of amides is 2. The van der Waals surface area contributed by atoms with Crippen molar-refractivity contribution in [2.45, 2.75) is 36.1 Å². The molecule has 2 amide bonds. The lowest BCUT2D eigenvalue weighted by Crippen LogP contribution is -2.60. The van der Waals surface area contributed by atoms with Crippen LogP contribution >= 0.6 is 23.4 Å². The Morgan fingerprint density at radius 1 is 1.25 bits per heavy atom. The van der Waals surface area contributed by atoms with Crippen LogP contribution < -0.4 is 0 Å². The Bertz CT molecular complexity index is 822. The van der Waals surface area contributed by atoms with Crippen molar-refractivity contribution in [2.24, 2.45) is 5.41 Å². The minimum Gasteiger partial charge on any atom is -0.320 e. The molecule has 2 bridgehead atoms. The molecule has 0 radical (unpaired) electrons. The Hall–Kier alpha value is -1.71. The molecule has 1 aromatic rings. The fourth-order valence-corrected chi connectivity index (χ4v) is 6.36. The van der Waals surface area contributed by atoms with Crippen LogP contribution in [0.4, 0.5) is 0 Å². The first-order valence-electron chi connectivity index (χ1n) is 7.68. The third kappa shape index (κ3) is 1.57. The number of nitriles is 1. The predicted octanol–water partition coefficient (Wildman–Crippen LogP) is 2.77. The van der Waals surface area contributed by atoms with Gasteiger partial charge in [-0.25, -0.2) is 0 Å². The topological polar surface area (TPSA) is 64.4 Å². The number of benzene rings is 1. The van der Waals surface area contributed by atoms with Crippen molar-refractivity contribution in [3.8, 4) is 6.07 Å². The number of likely N-dealkylation sites (N-methyl/N-ethyl adjacent to an activating group) is 1. The third-order valence-corrected chi connectivity index (χ3v) is 7.51. The average molecular weight is 362 g/mol. The summed E-state index contributed by atoms with van der Waals surface area (Å²) in [4.78, 5) is 27.4. The summed E-state index contributed by atoms with van der Waals surface area (Å²) in [7, 11) is 1.67. The lowest BCUT2D eigenvalue weighted by molar-refractivity contribution is -0.159. The van der Waals surface area contributed by atoms with E-state index < -0.39 is 21.2 Å². The SMILES string of the molecule is CN1C(=O)C23C[C@](C)(C#N)[C@H](c4ccc(Cl)cc4)N2C(=O)C1(C)S3. The highest BCUT2D eigenvalue weighted by molar-refractivity contribution is 8.04. The van der Waals surface area contributed by atoms with Gasteiger partial charge in [0.05, 0.1) is 17.5 Å². The maximum atomic E-state index is 13.2. The molecule has 124 valence electrons. The average Bonchev–Trinajstić information content (AvgIpc) is 3.02. The van der Waals surface area contributed by atoms with Gasteiger partial charge in [0.1, 0.15) is 0 Å². The molecule has 0 aromatic heterocycles. The number of nitrogens with zero attached hydrogens (tertiary/aromatic N) is 3. The number of thioether (sulfide) groups is 1. The summed E-state index contributed by atoms with van der Waals surface area (Å²) in [5.74, 6) is -0.193. The molecule has 0 aliphatic carbocycles. The molecule has 4 atom stereocenters. The maximum absolute atomic E-state index is 13.2. The van der Waals surface area contributed by atoms with Gasteiger partial charge in [0.25, 0.3) is 11.8 Å². The zero-order valence-electron chi connectivity index (χ0n) is 13.5. The summed E-state index contributed by atoms with van der Waals surface area (Å²) in [5.41, 5.74) is -0.000517. The molecule has 7 heteroatoms. The van der Waals surface area contributed by atoms with E-state index in [1.54, 1.807) is 31.0 Å². The van der Waals surface area contributed by atoms with Crippen molar-refractivity contribution < 1.29 is 9.59 Å². The van der Waals surface area contributed by atoms with E-state index in [0.29, 0.717) is 11.4 Å². The molecule has 5 nitrogen and oxygen atoms in total. The van der Waals surface area contributed by atoms with E-state index in [1.807, 2.05) is 19.1 Å². The smallest absolute Gasteiger partial charge is 0.261 e. The van der Waals surface area contributed by atoms with Crippen molar-refractivity contribution in [1.29, 1.82) is 5.26 Å². The number of hydrogen-bond donors (Lipinski definition) is 0. The second kappa shape index (κ2) is 4.47. The van der Waals surface area contributed by atoms with Crippen LogP contribution in [0.5, 0.6) is 0 Å². The van der Waals surface area contributed by atoms with E-state index in [1.165, 1.54) is 16.7 Å². The zero-order valence-corrected chi connectivity index (χ0v) is 15.1. The van der Waals surface area contributed by atoms with Gasteiger partial charge in [-0.2, -0.15) is 5.26 Å². The lowest BCUT2D eigenvalue weighted by Gasteiger charge is -2.40. The Kier molecular flexibility index (Phi) is 2.94. The molecule has 3 aliphatic heterocycles. The van der Waals surface area contributed by atoms with Gasteiger partial charge in [0.2, 0.25) is 0 Å². The fourth-order valence-electron chi connectivity index (χ4n) is 4.29. The quantitative estimate of drug-likeness (QED) is 0.771. The third-order valence-electron chi connectivity index (χ3n) is 5.56. The summed E-state index contributed by atoms with van der Waals surface area (Å²) in [6.45, 7) is 3.61. The Labute approximate surface area is 149 Å². The van der Waals surface area contributed by atoms with Gasteiger partial charge in [-0.15, -0.1) is 0 Å². The summed E-state index contributed by atoms with van der Waals surface area (Å²) < 4.78 is 0. The second-order valence-corrected chi connectivity index (χ2v) is 9.18. The minimum absolute atomic E-state index is 0.0902. The van der Waals surface area contributed by atoms with Gasteiger partial charge in [-0.3, -0.25) is 9.59 Å². The van der Waals surface area contributed by atoms with Crippen LogP contribution in [0.25, 0.3) is 0 Å². The van der Waals surface area contributed by atoms with Crippen molar-refractivity contribution in [1.82, 2.24) is 9.80 Å². The summed E-state index contributed by atoms with van der Waals surface area (Å²) in [6, 6.07) is 9.08. The maximum Gasteiger partial charge on any atom is 0.261 e. The predicted molar refractivity (Wildman–Crippen MR) is 90.9 cm³/mol. The number of rotatable bonds is 1. The van der Waals surface area contributed by atoms with Crippen molar-refractivity contribution in [3.05, 3.63) is 34.9 Å². The molecule has 1 spiro atoms. The van der Waals surface area contributed by atoms with Crippen LogP contribution in [-0.2, 0) is 9.59 Å². The largest absolute Gasteiger partial charge is 0.320 e. The van der Waals surface area contributed by atoms with Gasteiger partial charge in [-0.1, -0.05) is 35.5 Å². The van der Waals surface area contributed by atoms with Gasteiger partial charge < -0.3 is 9.80 Å². The standard InChI is InChI=1S/C17H16ClN3O2S/c1-15(9-19)8-17-14(23)20(3)16(2,24-17)13(22)21(17)12(15)10-4-6-11(18)7-5-10/h4-7,12H,8H2,1-3H3/t12-,15+,16?,17?/m0/s1. The van der Waals surface area contributed by atoms with E-state index in [0.717, 1.165) is 5.56 Å². The Morgan fingerprint density at radius 3 is 2.46 bits per heavy atom. The monoisotopic (exact) mass is 361 g/mol. The summed E-state index contributed by atoms with van der Waals surface area (Å²) in [5, 5.41) is 10.4. The number of hydrogen-bond acceptors (Lipinski definition) is 4. The van der Waals surface area contributed by atoms with Crippen molar-refractivity contribution >= 4 is 35.2 Å². The van der Waals surface area contributed by atoms with Crippen LogP contribution in [-0.4, -0.2) is 38.4 Å². The van der Waals surface area contributed by atoms with Gasteiger partial charge in [-0.05, 0) is 31.5 Å². The number of carbonyl (C=O) groups is 2. The highest BCUT2D eigenvalue weighted by Gasteiger charge is 2.78. The molecule has 0 N–H and O–H groups in total. The molecule has 3 aliphatic rings. The van der Waals surface area contributed by atoms with E-state index in [9.17, 15) is 14.9 Å². The fraction of sp³-hybridized carbons (Fsp3) is 0.471. The van der Waals surface area contributed by atoms with Gasteiger partial charge >= 0.3 is 0 Å². The van der Waals surface area contributed by atoms with Gasteiger partial charge in [0, 0.05) is 18.5 Å². The van der Waals surface area contributed by atoms with E-state index in [-0.39, 0.29) is 11.8 Å². The van der Waals surface area contributed by atoms with Crippen molar-refractivity contribution in [2.75, 3.05) is 7.05 Å². The van der Waals surface area contributed by atoms with E-state index in [2.05, 4.69) is 6.07 Å². The minimum atomic E-state index is -0.977. The van der Waals surface area contributed by atoms with Crippen molar-refractivity contribution in [3.63, 3.8) is 0 Å². The Balaban J connectivity index is 1.92. The number of fused-ring (bicyclic) bond motifs is 1. The van der Waals surface area contributed by atoms with E-state index >= 15 is 0 Å². The van der Waals surface area contributed by atoms with Crippen LogP contribution in [0.3, 0.4) is 0 Å².